The van der Waals surface area contributed by atoms with Gasteiger partial charge in [0.1, 0.15) is 5.75 Å². The Bertz CT molecular complexity index is 874. The Hall–Kier alpha value is -2.53. The minimum Gasteiger partial charge on any atom is -0.494 e. The van der Waals surface area contributed by atoms with Crippen LogP contribution in [0.5, 0.6) is 5.75 Å². The molecule has 0 aliphatic heterocycles. The van der Waals surface area contributed by atoms with Crippen LogP contribution in [-0.2, 0) is 11.5 Å². The maximum absolute atomic E-state index is 11.6. The van der Waals surface area contributed by atoms with Crippen LogP contribution in [0.2, 0.25) is 0 Å². The molecule has 0 aliphatic rings. The molecule has 0 saturated heterocycles. The van der Waals surface area contributed by atoms with Gasteiger partial charge in [-0.1, -0.05) is 35.5 Å². The topological polar surface area (TPSA) is 52.3 Å². The van der Waals surface area contributed by atoms with Crippen LogP contribution in [0.4, 0.5) is 0 Å². The van der Waals surface area contributed by atoms with Crippen molar-refractivity contribution in [1.82, 2.24) is 5.16 Å². The number of hydrogen-bond donors (Lipinski definition) is 0. The minimum atomic E-state index is 0.0586. The number of rotatable bonds is 8. The first-order valence-corrected chi connectivity index (χ1v) is 9.68. The molecule has 1 heterocycles. The van der Waals surface area contributed by atoms with Crippen molar-refractivity contribution in [3.8, 4) is 17.1 Å². The van der Waals surface area contributed by atoms with Crippen LogP contribution < -0.4 is 4.74 Å². The Morgan fingerprint density at radius 3 is 2.65 bits per heavy atom. The molecule has 0 atom stereocenters. The third-order valence-electron chi connectivity index (χ3n) is 3.89. The van der Waals surface area contributed by atoms with Gasteiger partial charge in [0.15, 0.2) is 11.5 Å². The molecule has 4 nitrogen and oxygen atoms in total. The van der Waals surface area contributed by atoms with Crippen LogP contribution in [0.3, 0.4) is 0 Å². The molecule has 3 rings (SSSR count). The Morgan fingerprint density at radius 1 is 1.12 bits per heavy atom. The van der Waals surface area contributed by atoms with Crippen LogP contribution in [0, 0.1) is 0 Å². The Balaban J connectivity index is 1.65. The number of Topliss-reactive ketones (excluding diaryl/α,β-unsaturated/α-hetero) is 1. The monoisotopic (exact) mass is 367 g/mol. The standard InChI is InChI=1S/C21H21NO3S/c1-3-24-20-10-9-17(15(2)23)11-18(20)13-26-14-19-12-21(25-22-19)16-7-5-4-6-8-16/h4-12H,3,13-14H2,1-2H3. The summed E-state index contributed by atoms with van der Waals surface area (Å²) < 4.78 is 11.1. The lowest BCUT2D eigenvalue weighted by Crippen LogP contribution is -1.99. The third kappa shape index (κ3) is 4.55. The van der Waals surface area contributed by atoms with Gasteiger partial charge in [0.2, 0.25) is 0 Å². The summed E-state index contributed by atoms with van der Waals surface area (Å²) in [5.41, 5.74) is 3.65. The predicted octanol–water partition coefficient (Wildman–Crippen LogP) is 5.38. The molecule has 0 amide bonds. The molecule has 2 aromatic carbocycles. The number of ketones is 1. The van der Waals surface area contributed by atoms with Gasteiger partial charge in [-0.15, -0.1) is 0 Å². The van der Waals surface area contributed by atoms with Crippen molar-refractivity contribution in [2.24, 2.45) is 0 Å². The fourth-order valence-electron chi connectivity index (χ4n) is 2.59. The average molecular weight is 367 g/mol. The Morgan fingerprint density at radius 2 is 1.92 bits per heavy atom. The van der Waals surface area contributed by atoms with Crippen molar-refractivity contribution in [2.45, 2.75) is 25.4 Å². The lowest BCUT2D eigenvalue weighted by atomic mass is 10.1. The SMILES string of the molecule is CCOc1ccc(C(C)=O)cc1CSCc1cc(-c2ccccc2)on1. The van der Waals surface area contributed by atoms with Crippen LogP contribution in [-0.4, -0.2) is 17.5 Å². The van der Waals surface area contributed by atoms with Gasteiger partial charge in [-0.3, -0.25) is 4.79 Å². The van der Waals surface area contributed by atoms with Gasteiger partial charge in [0, 0.05) is 34.3 Å². The fraction of sp³-hybridized carbons (Fsp3) is 0.238. The number of ether oxygens (including phenoxy) is 1. The number of thioether (sulfide) groups is 1. The molecule has 3 aromatic rings. The average Bonchev–Trinajstić information content (AvgIpc) is 3.13. The van der Waals surface area contributed by atoms with E-state index in [9.17, 15) is 4.79 Å². The first kappa shape index (κ1) is 18.3. The van der Waals surface area contributed by atoms with E-state index in [0.717, 1.165) is 39.8 Å². The molecule has 0 radical (unpaired) electrons. The first-order chi connectivity index (χ1) is 12.7. The first-order valence-electron chi connectivity index (χ1n) is 8.52. The van der Waals surface area contributed by atoms with Crippen molar-refractivity contribution in [1.29, 1.82) is 0 Å². The van der Waals surface area contributed by atoms with E-state index in [4.69, 9.17) is 9.26 Å². The maximum Gasteiger partial charge on any atom is 0.167 e. The highest BCUT2D eigenvalue weighted by atomic mass is 32.2. The normalized spacial score (nSPS) is 10.7. The summed E-state index contributed by atoms with van der Waals surface area (Å²) in [4.78, 5) is 11.6. The zero-order valence-electron chi connectivity index (χ0n) is 14.9. The zero-order valence-corrected chi connectivity index (χ0v) is 15.7. The molecule has 0 saturated carbocycles. The zero-order chi connectivity index (χ0) is 18.4. The summed E-state index contributed by atoms with van der Waals surface area (Å²) in [5.74, 6) is 3.13. The maximum atomic E-state index is 11.6. The van der Waals surface area contributed by atoms with Crippen LogP contribution >= 0.6 is 11.8 Å². The molecular formula is C21H21NO3S. The molecule has 0 fully saturated rings. The number of hydrogen-bond acceptors (Lipinski definition) is 5. The third-order valence-corrected chi connectivity index (χ3v) is 4.91. The highest BCUT2D eigenvalue weighted by Crippen LogP contribution is 2.28. The molecule has 5 heteroatoms. The van der Waals surface area contributed by atoms with Gasteiger partial charge in [0.25, 0.3) is 0 Å². The molecule has 0 spiro atoms. The Labute approximate surface area is 157 Å². The lowest BCUT2D eigenvalue weighted by molar-refractivity contribution is 0.101. The van der Waals surface area contributed by atoms with Crippen molar-refractivity contribution in [3.63, 3.8) is 0 Å². The van der Waals surface area contributed by atoms with E-state index in [-0.39, 0.29) is 5.78 Å². The van der Waals surface area contributed by atoms with Crippen molar-refractivity contribution in [2.75, 3.05) is 6.61 Å². The summed E-state index contributed by atoms with van der Waals surface area (Å²) in [6, 6.07) is 17.5. The van der Waals surface area contributed by atoms with E-state index in [1.54, 1.807) is 18.7 Å². The van der Waals surface area contributed by atoms with Gasteiger partial charge < -0.3 is 9.26 Å². The molecule has 0 unspecified atom stereocenters. The largest absolute Gasteiger partial charge is 0.494 e. The number of aromatic nitrogens is 1. The second-order valence-corrected chi connectivity index (χ2v) is 6.84. The Kier molecular flexibility index (Phi) is 6.12. The van der Waals surface area contributed by atoms with Crippen LogP contribution in [0.1, 0.15) is 35.5 Å². The molecule has 26 heavy (non-hydrogen) atoms. The summed E-state index contributed by atoms with van der Waals surface area (Å²) in [5, 5.41) is 4.15. The second kappa shape index (κ2) is 8.72. The quantitative estimate of drug-likeness (QED) is 0.501. The van der Waals surface area contributed by atoms with Crippen LogP contribution in [0.15, 0.2) is 59.1 Å². The van der Waals surface area contributed by atoms with E-state index in [2.05, 4.69) is 5.16 Å². The second-order valence-electron chi connectivity index (χ2n) is 5.85. The number of nitrogens with zero attached hydrogens (tertiary/aromatic N) is 1. The number of carbonyl (C=O) groups excluding carboxylic acids is 1. The van der Waals surface area contributed by atoms with Crippen LogP contribution in [0.25, 0.3) is 11.3 Å². The van der Waals surface area contributed by atoms with Gasteiger partial charge in [0.05, 0.1) is 12.3 Å². The summed E-state index contributed by atoms with van der Waals surface area (Å²) in [6.07, 6.45) is 0. The fourth-order valence-corrected chi connectivity index (χ4v) is 3.48. The highest BCUT2D eigenvalue weighted by molar-refractivity contribution is 7.97. The van der Waals surface area contributed by atoms with E-state index < -0.39 is 0 Å². The van der Waals surface area contributed by atoms with E-state index in [0.29, 0.717) is 12.2 Å². The summed E-state index contributed by atoms with van der Waals surface area (Å²) in [6.45, 7) is 4.13. The van der Waals surface area contributed by atoms with E-state index in [1.165, 1.54) is 0 Å². The molecule has 1 aromatic heterocycles. The predicted molar refractivity (Wildman–Crippen MR) is 105 cm³/mol. The van der Waals surface area contributed by atoms with Crippen molar-refractivity contribution in [3.05, 3.63) is 71.4 Å². The van der Waals surface area contributed by atoms with Gasteiger partial charge in [-0.2, -0.15) is 11.8 Å². The highest BCUT2D eigenvalue weighted by Gasteiger charge is 2.10. The van der Waals surface area contributed by atoms with E-state index >= 15 is 0 Å². The molecule has 134 valence electrons. The lowest BCUT2D eigenvalue weighted by Gasteiger charge is -2.11. The molecular weight excluding hydrogens is 346 g/mol. The van der Waals surface area contributed by atoms with Crippen molar-refractivity contribution >= 4 is 17.5 Å². The molecule has 0 N–H and O–H groups in total. The summed E-state index contributed by atoms with van der Waals surface area (Å²) in [7, 11) is 0. The van der Waals surface area contributed by atoms with Gasteiger partial charge in [-0.05, 0) is 32.0 Å². The number of carbonyl (C=O) groups is 1. The smallest absolute Gasteiger partial charge is 0.167 e. The molecule has 0 aliphatic carbocycles. The molecule has 0 bridgehead atoms. The minimum absolute atomic E-state index is 0.0586. The van der Waals surface area contributed by atoms with Crippen molar-refractivity contribution < 1.29 is 14.1 Å². The van der Waals surface area contributed by atoms with E-state index in [1.807, 2.05) is 61.5 Å². The number of benzene rings is 2. The van der Waals surface area contributed by atoms with Gasteiger partial charge >= 0.3 is 0 Å². The van der Waals surface area contributed by atoms with Gasteiger partial charge in [-0.25, -0.2) is 0 Å². The summed E-state index contributed by atoms with van der Waals surface area (Å²) >= 11 is 1.71.